The van der Waals surface area contributed by atoms with E-state index in [1.54, 1.807) is 13.0 Å². The Morgan fingerprint density at radius 2 is 2.15 bits per heavy atom. The predicted octanol–water partition coefficient (Wildman–Crippen LogP) is 3.78. The van der Waals surface area contributed by atoms with E-state index in [4.69, 9.17) is 4.74 Å². The zero-order valence-electron chi connectivity index (χ0n) is 15.6. The van der Waals surface area contributed by atoms with Crippen molar-refractivity contribution in [3.63, 3.8) is 0 Å². The maximum absolute atomic E-state index is 14.0. The molecule has 2 aliphatic carbocycles. The minimum absolute atomic E-state index is 0.0853. The first-order valence-corrected chi connectivity index (χ1v) is 9.08. The molecule has 1 aromatic carbocycles. The molecule has 0 bridgehead atoms. The van der Waals surface area contributed by atoms with Gasteiger partial charge in [0.25, 0.3) is 0 Å². The van der Waals surface area contributed by atoms with E-state index in [-0.39, 0.29) is 6.61 Å². The summed E-state index contributed by atoms with van der Waals surface area (Å²) in [5, 5.41) is 9.31. The first-order valence-electron chi connectivity index (χ1n) is 9.08. The molecular formula is C21H22FNO4. The number of esters is 2. The number of ether oxygens (including phenoxy) is 2. The lowest BCUT2D eigenvalue weighted by Crippen LogP contribution is -2.14. The van der Waals surface area contributed by atoms with Crippen LogP contribution < -0.4 is 0 Å². The van der Waals surface area contributed by atoms with E-state index < -0.39 is 41.1 Å². The maximum Gasteiger partial charge on any atom is 0.366 e. The van der Waals surface area contributed by atoms with Gasteiger partial charge in [0.1, 0.15) is 6.10 Å². The molecule has 5 nitrogen and oxygen atoms in total. The molecule has 0 radical (unpaired) electrons. The van der Waals surface area contributed by atoms with Crippen molar-refractivity contribution < 1.29 is 23.5 Å². The number of carbonyl (C=O) groups is 2. The molecule has 0 spiro atoms. The Labute approximate surface area is 157 Å². The Balaban J connectivity index is 1.73. The fourth-order valence-electron chi connectivity index (χ4n) is 3.94. The third-order valence-electron chi connectivity index (χ3n) is 5.53. The summed E-state index contributed by atoms with van der Waals surface area (Å²) in [6.07, 6.45) is 2.08. The second-order valence-electron chi connectivity index (χ2n) is 7.51. The fourth-order valence-corrected chi connectivity index (χ4v) is 3.94. The van der Waals surface area contributed by atoms with Gasteiger partial charge in [0.15, 0.2) is 0 Å². The monoisotopic (exact) mass is 371 g/mol. The van der Waals surface area contributed by atoms with Crippen LogP contribution in [-0.4, -0.2) is 18.5 Å². The number of allylic oxidation sites excluding steroid dienone is 1. The van der Waals surface area contributed by atoms with E-state index in [0.717, 1.165) is 23.6 Å². The molecular weight excluding hydrogens is 349 g/mol. The number of benzene rings is 1. The van der Waals surface area contributed by atoms with Crippen LogP contribution in [0.25, 0.3) is 0 Å². The largest absolute Gasteiger partial charge is 0.461 e. The summed E-state index contributed by atoms with van der Waals surface area (Å²) in [5.41, 5.74) is 1.81. The number of nitrogens with zero attached hydrogens (tertiary/aromatic N) is 1. The number of hydrogen-bond acceptors (Lipinski definition) is 5. The minimum atomic E-state index is -1.02. The van der Waals surface area contributed by atoms with Crippen molar-refractivity contribution in [2.45, 2.75) is 39.7 Å². The van der Waals surface area contributed by atoms with Gasteiger partial charge in [0, 0.05) is 5.56 Å². The molecule has 2 aliphatic rings. The van der Waals surface area contributed by atoms with Crippen molar-refractivity contribution in [2.24, 2.45) is 17.3 Å². The molecule has 0 N–H and O–H groups in total. The molecule has 1 unspecified atom stereocenters. The van der Waals surface area contributed by atoms with E-state index in [2.05, 4.69) is 10.8 Å². The van der Waals surface area contributed by atoms with Crippen molar-refractivity contribution in [3.05, 3.63) is 46.8 Å². The minimum Gasteiger partial charge on any atom is -0.461 e. The van der Waals surface area contributed by atoms with Crippen molar-refractivity contribution >= 4 is 11.9 Å². The van der Waals surface area contributed by atoms with E-state index in [0.29, 0.717) is 12.0 Å². The van der Waals surface area contributed by atoms with Crippen LogP contribution in [0.4, 0.5) is 4.39 Å². The summed E-state index contributed by atoms with van der Waals surface area (Å²) in [4.78, 5) is 24.2. The third kappa shape index (κ3) is 3.46. The lowest BCUT2D eigenvalue weighted by molar-refractivity contribution is -0.152. The van der Waals surface area contributed by atoms with Gasteiger partial charge in [-0.1, -0.05) is 26.0 Å². The van der Waals surface area contributed by atoms with Gasteiger partial charge in [-0.05, 0) is 48.8 Å². The highest BCUT2D eigenvalue weighted by Gasteiger charge is 2.62. The van der Waals surface area contributed by atoms with Gasteiger partial charge in [-0.25, -0.2) is 4.79 Å². The zero-order chi connectivity index (χ0) is 19.8. The smallest absolute Gasteiger partial charge is 0.366 e. The fraction of sp³-hybridized carbons (Fsp3) is 0.476. The molecule has 0 aromatic heterocycles. The van der Waals surface area contributed by atoms with Crippen molar-refractivity contribution in [1.29, 1.82) is 5.26 Å². The van der Waals surface area contributed by atoms with Gasteiger partial charge in [0.2, 0.25) is 5.83 Å². The Bertz CT molecular complexity index is 852. The Hall–Kier alpha value is -2.68. The topological polar surface area (TPSA) is 76.4 Å². The maximum atomic E-state index is 14.0. The van der Waals surface area contributed by atoms with Gasteiger partial charge in [0.05, 0.1) is 24.2 Å². The number of carbonyl (C=O) groups excluding carboxylic acids is 2. The number of hydrogen-bond donors (Lipinski definition) is 0. The van der Waals surface area contributed by atoms with Gasteiger partial charge >= 0.3 is 11.9 Å². The molecule has 1 saturated carbocycles. The molecule has 0 saturated heterocycles. The van der Waals surface area contributed by atoms with Crippen LogP contribution in [0.5, 0.6) is 0 Å². The first-order chi connectivity index (χ1) is 12.8. The molecule has 142 valence electrons. The quantitative estimate of drug-likeness (QED) is 0.582. The van der Waals surface area contributed by atoms with E-state index in [9.17, 15) is 19.2 Å². The van der Waals surface area contributed by atoms with E-state index in [1.807, 2.05) is 26.0 Å². The van der Waals surface area contributed by atoms with E-state index in [1.165, 1.54) is 0 Å². The van der Waals surface area contributed by atoms with Gasteiger partial charge in [-0.3, -0.25) is 4.79 Å². The summed E-state index contributed by atoms with van der Waals surface area (Å²) in [5.74, 6) is -3.39. The van der Waals surface area contributed by atoms with Crippen LogP contribution in [0, 0.1) is 28.6 Å². The highest BCUT2D eigenvalue weighted by atomic mass is 19.1. The van der Waals surface area contributed by atoms with Crippen LogP contribution in [0.2, 0.25) is 0 Å². The normalized spacial score (nSPS) is 25.3. The highest BCUT2D eigenvalue weighted by molar-refractivity contribution is 5.87. The molecule has 0 aliphatic heterocycles. The lowest BCUT2D eigenvalue weighted by atomic mass is 10.0. The second kappa shape index (κ2) is 7.15. The van der Waals surface area contributed by atoms with Crippen molar-refractivity contribution in [3.8, 4) is 6.07 Å². The molecule has 1 aromatic rings. The molecule has 0 heterocycles. The van der Waals surface area contributed by atoms with Gasteiger partial charge in [-0.15, -0.1) is 0 Å². The van der Waals surface area contributed by atoms with Crippen molar-refractivity contribution in [2.75, 3.05) is 6.61 Å². The first kappa shape index (κ1) is 19.1. The average molecular weight is 371 g/mol. The van der Waals surface area contributed by atoms with Gasteiger partial charge < -0.3 is 9.47 Å². The lowest BCUT2D eigenvalue weighted by Gasteiger charge is -2.15. The number of fused-ring (bicyclic) bond motifs is 1. The zero-order valence-corrected chi connectivity index (χ0v) is 15.6. The molecule has 3 rings (SSSR count). The van der Waals surface area contributed by atoms with Crippen molar-refractivity contribution in [1.82, 2.24) is 0 Å². The van der Waals surface area contributed by atoms with Crippen LogP contribution in [-0.2, 0) is 25.5 Å². The number of halogens is 1. The van der Waals surface area contributed by atoms with Crippen LogP contribution >= 0.6 is 0 Å². The average Bonchev–Trinajstić information content (AvgIpc) is 2.97. The molecule has 6 heteroatoms. The summed E-state index contributed by atoms with van der Waals surface area (Å²) < 4.78 is 24.3. The summed E-state index contributed by atoms with van der Waals surface area (Å²) in [6, 6.07) is 7.62. The standard InChI is InChI=1S/C21H22FNO4/c1-4-26-19(24)15(22)10-14-18(21(14,2)3)20(25)27-16-9-8-12-6-5-7-13(11-23)17(12)16/h5-7,10,14,16,18H,4,8-9H2,1-3H3/t14-,16?,18-/m0/s1. The van der Waals surface area contributed by atoms with Gasteiger partial charge in [-0.2, -0.15) is 9.65 Å². The summed E-state index contributed by atoms with van der Waals surface area (Å²) in [7, 11) is 0. The van der Waals surface area contributed by atoms with Crippen LogP contribution in [0.15, 0.2) is 30.1 Å². The Morgan fingerprint density at radius 3 is 2.81 bits per heavy atom. The SMILES string of the molecule is CCOC(=O)C(F)=C[C@H]1[C@@H](C(=O)OC2CCc3cccc(C#N)c32)C1(C)C. The molecule has 0 amide bonds. The second-order valence-corrected chi connectivity index (χ2v) is 7.51. The number of aryl methyl sites for hydroxylation is 1. The predicted molar refractivity (Wildman–Crippen MR) is 94.9 cm³/mol. The molecule has 1 fully saturated rings. The van der Waals surface area contributed by atoms with Crippen LogP contribution in [0.3, 0.4) is 0 Å². The summed E-state index contributed by atoms with van der Waals surface area (Å²) >= 11 is 0. The van der Waals surface area contributed by atoms with Crippen LogP contribution in [0.1, 0.15) is 50.0 Å². The third-order valence-corrected chi connectivity index (χ3v) is 5.53. The Morgan fingerprint density at radius 1 is 1.41 bits per heavy atom. The Kier molecular flexibility index (Phi) is 5.05. The highest BCUT2D eigenvalue weighted by Crippen LogP contribution is 2.60. The molecule has 3 atom stereocenters. The van der Waals surface area contributed by atoms with E-state index >= 15 is 0 Å². The number of rotatable bonds is 5. The molecule has 27 heavy (non-hydrogen) atoms. The number of nitriles is 1. The summed E-state index contributed by atoms with van der Waals surface area (Å²) in [6.45, 7) is 5.35.